The smallest absolute Gasteiger partial charge is 0.126 e. The predicted molar refractivity (Wildman–Crippen MR) is 78.3 cm³/mol. The van der Waals surface area contributed by atoms with E-state index in [1.165, 1.54) is 16.7 Å². The second-order valence-corrected chi connectivity index (χ2v) is 5.99. The van der Waals surface area contributed by atoms with E-state index in [4.69, 9.17) is 4.74 Å². The normalized spacial score (nSPS) is 13.5. The van der Waals surface area contributed by atoms with Gasteiger partial charge in [0, 0.05) is 11.6 Å². The number of ether oxygens (including phenoxy) is 1. The number of aryl methyl sites for hydroxylation is 1. The second-order valence-electron chi connectivity index (χ2n) is 5.99. The summed E-state index contributed by atoms with van der Waals surface area (Å²) in [6.07, 6.45) is 0. The first-order chi connectivity index (χ1) is 8.32. The van der Waals surface area contributed by atoms with Gasteiger partial charge in [0.05, 0.1) is 7.11 Å². The molecule has 0 aliphatic heterocycles. The maximum absolute atomic E-state index is 5.64. The fourth-order valence-electron chi connectivity index (χ4n) is 2.40. The fourth-order valence-corrected chi connectivity index (χ4v) is 2.40. The largest absolute Gasteiger partial charge is 0.496 e. The van der Waals surface area contributed by atoms with Crippen molar-refractivity contribution in [2.75, 3.05) is 13.7 Å². The molecule has 0 heterocycles. The van der Waals surface area contributed by atoms with Gasteiger partial charge in [0.15, 0.2) is 0 Å². The Balaban J connectivity index is 3.32. The highest BCUT2D eigenvalue weighted by Gasteiger charge is 2.28. The van der Waals surface area contributed by atoms with E-state index in [0.717, 1.165) is 12.3 Å². The molecule has 2 heteroatoms. The lowest BCUT2D eigenvalue weighted by Crippen LogP contribution is -2.32. The molecule has 0 aliphatic carbocycles. The van der Waals surface area contributed by atoms with Crippen LogP contribution in [0.25, 0.3) is 0 Å². The Labute approximate surface area is 112 Å². The van der Waals surface area contributed by atoms with Gasteiger partial charge in [-0.15, -0.1) is 0 Å². The SMILES string of the molecule is CCNC(c1ccc(C)c(C)c1OC)C(C)(C)C. The Kier molecular flexibility index (Phi) is 4.80. The van der Waals surface area contributed by atoms with E-state index in [2.05, 4.69) is 59.0 Å². The van der Waals surface area contributed by atoms with Crippen molar-refractivity contribution in [3.8, 4) is 5.75 Å². The van der Waals surface area contributed by atoms with Crippen LogP contribution in [-0.4, -0.2) is 13.7 Å². The number of hydrogen-bond donors (Lipinski definition) is 1. The van der Waals surface area contributed by atoms with Crippen LogP contribution >= 0.6 is 0 Å². The number of benzene rings is 1. The second kappa shape index (κ2) is 5.75. The third kappa shape index (κ3) is 3.05. The highest BCUT2D eigenvalue weighted by molar-refractivity contribution is 5.47. The van der Waals surface area contributed by atoms with Gasteiger partial charge in [0.1, 0.15) is 5.75 Å². The molecule has 1 atom stereocenters. The lowest BCUT2D eigenvalue weighted by molar-refractivity contribution is 0.268. The molecule has 0 fully saturated rings. The highest BCUT2D eigenvalue weighted by Crippen LogP contribution is 2.39. The van der Waals surface area contributed by atoms with E-state index in [1.807, 2.05) is 0 Å². The number of methoxy groups -OCH3 is 1. The van der Waals surface area contributed by atoms with E-state index in [0.29, 0.717) is 6.04 Å². The molecule has 1 rings (SSSR count). The minimum absolute atomic E-state index is 0.158. The van der Waals surface area contributed by atoms with Gasteiger partial charge >= 0.3 is 0 Å². The summed E-state index contributed by atoms with van der Waals surface area (Å²) in [6.45, 7) is 14.1. The maximum Gasteiger partial charge on any atom is 0.126 e. The molecule has 0 radical (unpaired) electrons. The van der Waals surface area contributed by atoms with Crippen LogP contribution in [0.2, 0.25) is 0 Å². The molecule has 1 N–H and O–H groups in total. The van der Waals surface area contributed by atoms with Crippen molar-refractivity contribution in [1.29, 1.82) is 0 Å². The average Bonchev–Trinajstić information content (AvgIpc) is 2.28. The molecule has 2 nitrogen and oxygen atoms in total. The molecule has 1 aromatic rings. The Morgan fingerprint density at radius 2 is 1.83 bits per heavy atom. The molecular formula is C16H27NO. The van der Waals surface area contributed by atoms with Crippen LogP contribution in [0.3, 0.4) is 0 Å². The zero-order valence-electron chi connectivity index (χ0n) is 12.8. The maximum atomic E-state index is 5.64. The Bertz CT molecular complexity index is 404. The van der Waals surface area contributed by atoms with Crippen LogP contribution in [0.1, 0.15) is 50.4 Å². The molecule has 0 spiro atoms. The standard InChI is InChI=1S/C16H27NO/c1-8-17-15(16(4,5)6)13-10-9-11(2)12(3)14(13)18-7/h9-10,15,17H,8H2,1-7H3. The lowest BCUT2D eigenvalue weighted by Gasteiger charge is -2.33. The quantitative estimate of drug-likeness (QED) is 0.870. The van der Waals surface area contributed by atoms with Crippen molar-refractivity contribution in [1.82, 2.24) is 5.32 Å². The first-order valence-electron chi connectivity index (χ1n) is 6.70. The van der Waals surface area contributed by atoms with Crippen molar-refractivity contribution in [3.05, 3.63) is 28.8 Å². The third-order valence-corrected chi connectivity index (χ3v) is 3.50. The van der Waals surface area contributed by atoms with Crippen molar-refractivity contribution in [3.63, 3.8) is 0 Å². The van der Waals surface area contributed by atoms with Crippen molar-refractivity contribution in [2.45, 2.75) is 47.6 Å². The summed E-state index contributed by atoms with van der Waals surface area (Å²) in [5.41, 5.74) is 3.93. The third-order valence-electron chi connectivity index (χ3n) is 3.50. The van der Waals surface area contributed by atoms with Gasteiger partial charge in [-0.25, -0.2) is 0 Å². The van der Waals surface area contributed by atoms with Gasteiger partial charge < -0.3 is 10.1 Å². The Hall–Kier alpha value is -1.02. The van der Waals surface area contributed by atoms with Crippen LogP contribution < -0.4 is 10.1 Å². The summed E-state index contributed by atoms with van der Waals surface area (Å²) in [5, 5.41) is 3.58. The minimum atomic E-state index is 0.158. The van der Waals surface area contributed by atoms with Gasteiger partial charge in [-0.05, 0) is 36.9 Å². The van der Waals surface area contributed by atoms with E-state index in [9.17, 15) is 0 Å². The number of nitrogens with one attached hydrogen (secondary N) is 1. The monoisotopic (exact) mass is 249 g/mol. The highest BCUT2D eigenvalue weighted by atomic mass is 16.5. The summed E-state index contributed by atoms with van der Waals surface area (Å²) in [4.78, 5) is 0. The molecule has 0 aliphatic rings. The Morgan fingerprint density at radius 1 is 1.22 bits per heavy atom. The summed E-state index contributed by atoms with van der Waals surface area (Å²) in [5.74, 6) is 1.02. The molecule has 0 saturated carbocycles. The van der Waals surface area contributed by atoms with Gasteiger partial charge in [0.25, 0.3) is 0 Å². The molecule has 0 aromatic heterocycles. The molecule has 0 bridgehead atoms. The molecule has 0 amide bonds. The molecule has 18 heavy (non-hydrogen) atoms. The first kappa shape index (κ1) is 15.0. The summed E-state index contributed by atoms with van der Waals surface area (Å²) < 4.78 is 5.64. The van der Waals surface area contributed by atoms with Crippen molar-refractivity contribution < 1.29 is 4.74 Å². The Morgan fingerprint density at radius 3 is 2.28 bits per heavy atom. The molecule has 0 saturated heterocycles. The lowest BCUT2D eigenvalue weighted by atomic mass is 9.81. The van der Waals surface area contributed by atoms with Gasteiger partial charge in [-0.1, -0.05) is 39.8 Å². The van der Waals surface area contributed by atoms with Crippen LogP contribution in [0, 0.1) is 19.3 Å². The summed E-state index contributed by atoms with van der Waals surface area (Å²) in [7, 11) is 1.76. The van der Waals surface area contributed by atoms with E-state index in [-0.39, 0.29) is 5.41 Å². The minimum Gasteiger partial charge on any atom is -0.496 e. The summed E-state index contributed by atoms with van der Waals surface area (Å²) in [6, 6.07) is 4.68. The molecule has 102 valence electrons. The van der Waals surface area contributed by atoms with Crippen LogP contribution in [0.15, 0.2) is 12.1 Å². The molecule has 1 aromatic carbocycles. The van der Waals surface area contributed by atoms with Crippen LogP contribution in [0.5, 0.6) is 5.75 Å². The zero-order chi connectivity index (χ0) is 13.9. The predicted octanol–water partition coefficient (Wildman–Crippen LogP) is 4.01. The zero-order valence-corrected chi connectivity index (χ0v) is 12.8. The van der Waals surface area contributed by atoms with E-state index >= 15 is 0 Å². The van der Waals surface area contributed by atoms with E-state index in [1.54, 1.807) is 7.11 Å². The van der Waals surface area contributed by atoms with Crippen LogP contribution in [0.4, 0.5) is 0 Å². The first-order valence-corrected chi connectivity index (χ1v) is 6.70. The van der Waals surface area contributed by atoms with Crippen LogP contribution in [-0.2, 0) is 0 Å². The molecule has 1 unspecified atom stereocenters. The average molecular weight is 249 g/mol. The fraction of sp³-hybridized carbons (Fsp3) is 0.625. The number of rotatable bonds is 4. The van der Waals surface area contributed by atoms with Gasteiger partial charge in [-0.2, -0.15) is 0 Å². The van der Waals surface area contributed by atoms with Crippen molar-refractivity contribution >= 4 is 0 Å². The topological polar surface area (TPSA) is 21.3 Å². The van der Waals surface area contributed by atoms with Gasteiger partial charge in [0.2, 0.25) is 0 Å². The van der Waals surface area contributed by atoms with Gasteiger partial charge in [-0.3, -0.25) is 0 Å². The number of hydrogen-bond acceptors (Lipinski definition) is 2. The van der Waals surface area contributed by atoms with E-state index < -0.39 is 0 Å². The van der Waals surface area contributed by atoms with Crippen molar-refractivity contribution in [2.24, 2.45) is 5.41 Å². The summed E-state index contributed by atoms with van der Waals surface area (Å²) >= 11 is 0. The molecular weight excluding hydrogens is 222 g/mol.